The number of fused-ring (bicyclic) bond motifs is 11. The van der Waals surface area contributed by atoms with Gasteiger partial charge >= 0.3 is 17.1 Å². The van der Waals surface area contributed by atoms with Crippen molar-refractivity contribution in [2.75, 3.05) is 0 Å². The molecule has 4 N–H and O–H groups in total. The molecule has 0 saturated carbocycles. The van der Waals surface area contributed by atoms with Crippen LogP contribution in [0.4, 0.5) is 0 Å². The largest absolute Gasteiger partial charge is 1.00 e. The first kappa shape index (κ1) is 17.7. The van der Waals surface area contributed by atoms with Gasteiger partial charge < -0.3 is 19.9 Å². The molecule has 0 atom stereocenters. The van der Waals surface area contributed by atoms with Gasteiger partial charge in [0, 0.05) is 54.9 Å². The molecule has 0 saturated heterocycles. The Morgan fingerprint density at radius 1 is 0.414 bits per heavy atom. The summed E-state index contributed by atoms with van der Waals surface area (Å²) in [5.74, 6) is 0. The van der Waals surface area contributed by atoms with E-state index in [-0.39, 0.29) is 17.1 Å². The van der Waals surface area contributed by atoms with Crippen molar-refractivity contribution < 1.29 is 17.1 Å². The molecule has 4 aromatic heterocycles. The summed E-state index contributed by atoms with van der Waals surface area (Å²) >= 11 is 0. The Balaban J connectivity index is 0.00000181. The van der Waals surface area contributed by atoms with E-state index in [9.17, 15) is 0 Å². The van der Waals surface area contributed by atoms with Crippen LogP contribution in [-0.4, -0.2) is 19.9 Å². The van der Waals surface area contributed by atoms with E-state index in [2.05, 4.69) is 105 Å². The minimum Gasteiger partial charge on any atom is -0.355 e. The van der Waals surface area contributed by atoms with Crippen LogP contribution in [0.15, 0.2) is 60.7 Å². The minimum atomic E-state index is 0. The van der Waals surface area contributed by atoms with Crippen molar-refractivity contribution in [2.45, 2.75) is 0 Å². The molecule has 0 radical (unpaired) electrons. The molecular formula is C24H18CuN4+. The molecule has 1 aliphatic heterocycles. The molecule has 144 valence electrons. The Kier molecular flexibility index (Phi) is 4.20. The molecule has 0 fully saturated rings. The van der Waals surface area contributed by atoms with E-state index in [1.54, 1.807) is 0 Å². The van der Waals surface area contributed by atoms with E-state index in [1.165, 1.54) is 10.8 Å². The molecule has 6 rings (SSSR count). The van der Waals surface area contributed by atoms with Gasteiger partial charge in [0.15, 0.2) is 0 Å². The first-order chi connectivity index (χ1) is 13.8. The molecule has 4 nitrogen and oxygen atoms in total. The van der Waals surface area contributed by atoms with Crippen molar-refractivity contribution in [1.29, 1.82) is 0 Å². The van der Waals surface area contributed by atoms with Crippen LogP contribution in [-0.2, 0) is 17.1 Å². The van der Waals surface area contributed by atoms with Gasteiger partial charge in [-0.25, -0.2) is 0 Å². The van der Waals surface area contributed by atoms with E-state index in [1.807, 2.05) is 0 Å². The van der Waals surface area contributed by atoms with Crippen molar-refractivity contribution in [2.24, 2.45) is 0 Å². The van der Waals surface area contributed by atoms with Gasteiger partial charge in [-0.2, -0.15) is 0 Å². The van der Waals surface area contributed by atoms with Crippen molar-refractivity contribution in [3.05, 3.63) is 105 Å². The number of hydrogen-bond acceptors (Lipinski definition) is 0. The van der Waals surface area contributed by atoms with Gasteiger partial charge in [-0.3, -0.25) is 0 Å². The Morgan fingerprint density at radius 3 is 1.34 bits per heavy atom. The van der Waals surface area contributed by atoms with Gasteiger partial charge in [-0.15, -0.1) is 0 Å². The second-order valence-corrected chi connectivity index (χ2v) is 7.18. The zero-order valence-corrected chi connectivity index (χ0v) is 16.3. The van der Waals surface area contributed by atoms with Crippen LogP contribution in [0.3, 0.4) is 0 Å². The molecule has 5 heteroatoms. The van der Waals surface area contributed by atoms with E-state index in [0.29, 0.717) is 0 Å². The second kappa shape index (κ2) is 6.89. The van der Waals surface area contributed by atoms with Gasteiger partial charge in [-0.05, 0) is 60.7 Å². The van der Waals surface area contributed by atoms with Crippen molar-refractivity contribution in [1.82, 2.24) is 19.9 Å². The maximum Gasteiger partial charge on any atom is 1.00 e. The Labute approximate surface area is 176 Å². The third-order valence-corrected chi connectivity index (χ3v) is 5.19. The average molecular weight is 426 g/mol. The quantitative estimate of drug-likeness (QED) is 0.268. The maximum absolute atomic E-state index is 3.59. The third kappa shape index (κ3) is 3.21. The van der Waals surface area contributed by atoms with Crippen LogP contribution in [0.2, 0.25) is 0 Å². The first-order valence-electron chi connectivity index (χ1n) is 9.37. The number of rotatable bonds is 0. The van der Waals surface area contributed by atoms with Gasteiger partial charge in [0.1, 0.15) is 0 Å². The van der Waals surface area contributed by atoms with Gasteiger partial charge in [0.05, 0.1) is 0 Å². The smallest absolute Gasteiger partial charge is 0.355 e. The fourth-order valence-corrected chi connectivity index (χ4v) is 3.90. The number of benzene rings is 1. The number of H-pyrrole nitrogens is 4. The molecule has 1 aliphatic rings. The average Bonchev–Trinajstić information content (AvgIpc) is 3.47. The number of aromatic amines is 4. The Bertz CT molecular complexity index is 1460. The summed E-state index contributed by atoms with van der Waals surface area (Å²) in [6.07, 6.45) is 8.56. The van der Waals surface area contributed by atoms with Crippen molar-refractivity contribution in [3.8, 4) is 0 Å². The molecule has 0 aliphatic carbocycles. The van der Waals surface area contributed by atoms with Crippen LogP contribution in [0, 0.1) is 0 Å². The van der Waals surface area contributed by atoms with Crippen LogP contribution >= 0.6 is 0 Å². The fourth-order valence-electron chi connectivity index (χ4n) is 3.90. The molecule has 1 aromatic carbocycles. The predicted octanol–water partition coefficient (Wildman–Crippen LogP) is 1.78. The summed E-state index contributed by atoms with van der Waals surface area (Å²) in [4.78, 5) is 14.0. The molecular weight excluding hydrogens is 408 g/mol. The summed E-state index contributed by atoms with van der Waals surface area (Å²) in [6, 6.07) is 21.1. The number of nitrogens with one attached hydrogen (secondary N) is 4. The van der Waals surface area contributed by atoms with E-state index in [4.69, 9.17) is 0 Å². The summed E-state index contributed by atoms with van der Waals surface area (Å²) in [5.41, 5.74) is 4.27. The topological polar surface area (TPSA) is 63.2 Å². The van der Waals surface area contributed by atoms with Crippen molar-refractivity contribution in [3.63, 3.8) is 0 Å². The SMILES string of the molecule is C1=c2ccc([nH]2)=Cc2ccc([nH]2)C=c2[nH]c(c3ccccc23)=Cc2ccc1[nH]2.[Cu+]. The van der Waals surface area contributed by atoms with Crippen LogP contribution in [0.5, 0.6) is 0 Å². The van der Waals surface area contributed by atoms with E-state index >= 15 is 0 Å². The maximum atomic E-state index is 3.59. The zero-order chi connectivity index (χ0) is 18.5. The number of hydrogen-bond donors (Lipinski definition) is 4. The van der Waals surface area contributed by atoms with E-state index in [0.717, 1.165) is 44.2 Å². The van der Waals surface area contributed by atoms with Crippen LogP contribution < -0.4 is 21.4 Å². The Hall–Kier alpha value is -3.40. The minimum absolute atomic E-state index is 0. The molecule has 5 heterocycles. The van der Waals surface area contributed by atoms with Gasteiger partial charge in [0.2, 0.25) is 0 Å². The first-order valence-corrected chi connectivity index (χ1v) is 9.37. The Morgan fingerprint density at radius 2 is 0.862 bits per heavy atom. The summed E-state index contributed by atoms with van der Waals surface area (Å²) in [5, 5.41) is 6.76. The second-order valence-electron chi connectivity index (χ2n) is 7.18. The van der Waals surface area contributed by atoms with Gasteiger partial charge in [0.25, 0.3) is 0 Å². The fraction of sp³-hybridized carbons (Fsp3) is 0. The molecule has 5 aromatic rings. The summed E-state index contributed by atoms with van der Waals surface area (Å²) < 4.78 is 0. The normalized spacial score (nSPS) is 12.3. The zero-order valence-electron chi connectivity index (χ0n) is 15.4. The summed E-state index contributed by atoms with van der Waals surface area (Å²) in [6.45, 7) is 0. The standard InChI is InChI=1S/C24H18N4.Cu/c1-2-4-22-21(3-1)23-13-19-9-7-17(26-19)11-15-5-6-16(25-15)12-18-8-10-20(27-18)14-24(22)28-23;/h1-14,25-28H;/q;+1. The third-order valence-electron chi connectivity index (χ3n) is 5.19. The molecule has 0 unspecified atom stereocenters. The monoisotopic (exact) mass is 425 g/mol. The van der Waals surface area contributed by atoms with E-state index < -0.39 is 0 Å². The van der Waals surface area contributed by atoms with Crippen LogP contribution in [0.1, 0.15) is 22.8 Å². The molecule has 29 heavy (non-hydrogen) atoms. The number of aromatic nitrogens is 4. The summed E-state index contributed by atoms with van der Waals surface area (Å²) in [7, 11) is 0. The predicted molar refractivity (Wildman–Crippen MR) is 113 cm³/mol. The molecule has 8 bridgehead atoms. The van der Waals surface area contributed by atoms with Gasteiger partial charge in [-0.1, -0.05) is 24.3 Å². The van der Waals surface area contributed by atoms with Crippen LogP contribution in [0.25, 0.3) is 35.1 Å². The molecule has 0 amide bonds. The van der Waals surface area contributed by atoms with Crippen molar-refractivity contribution >= 4 is 35.1 Å². The molecule has 0 spiro atoms.